The van der Waals surface area contributed by atoms with Crippen molar-refractivity contribution in [3.8, 4) is 0 Å². The van der Waals surface area contributed by atoms with Gasteiger partial charge in [0.15, 0.2) is 0 Å². The lowest BCUT2D eigenvalue weighted by atomic mass is 10.1. The Morgan fingerprint density at radius 3 is 2.38 bits per heavy atom. The SMILES string of the molecule is COC(=O)c1ccc(Cl)c(NCC(=O)Nc2cc(C)cc(C)c2)c1. The van der Waals surface area contributed by atoms with Crippen molar-refractivity contribution in [1.29, 1.82) is 0 Å². The molecule has 5 nitrogen and oxygen atoms in total. The fraction of sp³-hybridized carbons (Fsp3) is 0.222. The van der Waals surface area contributed by atoms with Crippen molar-refractivity contribution < 1.29 is 14.3 Å². The number of nitrogens with one attached hydrogen (secondary N) is 2. The number of anilines is 2. The van der Waals surface area contributed by atoms with Crippen molar-refractivity contribution in [2.24, 2.45) is 0 Å². The van der Waals surface area contributed by atoms with E-state index < -0.39 is 5.97 Å². The number of hydrogen-bond acceptors (Lipinski definition) is 4. The van der Waals surface area contributed by atoms with Crippen molar-refractivity contribution in [2.45, 2.75) is 13.8 Å². The molecular weight excluding hydrogens is 328 g/mol. The van der Waals surface area contributed by atoms with Crippen LogP contribution in [0.2, 0.25) is 5.02 Å². The quantitative estimate of drug-likeness (QED) is 0.808. The largest absolute Gasteiger partial charge is 0.465 e. The van der Waals surface area contributed by atoms with Crippen LogP contribution in [0.25, 0.3) is 0 Å². The molecule has 0 aliphatic carbocycles. The molecule has 2 rings (SSSR count). The zero-order chi connectivity index (χ0) is 17.7. The summed E-state index contributed by atoms with van der Waals surface area (Å²) in [7, 11) is 1.31. The van der Waals surface area contributed by atoms with E-state index in [1.54, 1.807) is 18.2 Å². The Morgan fingerprint density at radius 2 is 1.75 bits per heavy atom. The van der Waals surface area contributed by atoms with Crippen molar-refractivity contribution in [3.05, 3.63) is 58.1 Å². The van der Waals surface area contributed by atoms with E-state index in [0.29, 0.717) is 16.3 Å². The second kappa shape index (κ2) is 7.84. The van der Waals surface area contributed by atoms with Gasteiger partial charge in [-0.25, -0.2) is 4.79 Å². The van der Waals surface area contributed by atoms with E-state index in [2.05, 4.69) is 15.4 Å². The van der Waals surface area contributed by atoms with E-state index in [4.69, 9.17) is 11.6 Å². The lowest BCUT2D eigenvalue weighted by Gasteiger charge is -2.11. The average Bonchev–Trinajstić information content (AvgIpc) is 2.52. The number of ether oxygens (including phenoxy) is 1. The van der Waals surface area contributed by atoms with Crippen LogP contribution in [0.5, 0.6) is 0 Å². The molecule has 0 aromatic heterocycles. The van der Waals surface area contributed by atoms with Crippen molar-refractivity contribution in [2.75, 3.05) is 24.3 Å². The number of hydrogen-bond donors (Lipinski definition) is 2. The van der Waals surface area contributed by atoms with Crippen LogP contribution in [0.4, 0.5) is 11.4 Å². The summed E-state index contributed by atoms with van der Waals surface area (Å²) in [6, 6.07) is 10.5. The summed E-state index contributed by atoms with van der Waals surface area (Å²) >= 11 is 6.08. The minimum atomic E-state index is -0.464. The van der Waals surface area contributed by atoms with Gasteiger partial charge in [-0.05, 0) is 55.3 Å². The first-order chi connectivity index (χ1) is 11.4. The number of methoxy groups -OCH3 is 1. The molecule has 0 saturated heterocycles. The maximum atomic E-state index is 12.1. The fourth-order valence-electron chi connectivity index (χ4n) is 2.33. The lowest BCUT2D eigenvalue weighted by Crippen LogP contribution is -2.22. The molecule has 0 spiro atoms. The molecule has 2 N–H and O–H groups in total. The van der Waals surface area contributed by atoms with Gasteiger partial charge in [0, 0.05) is 5.69 Å². The molecule has 0 radical (unpaired) electrons. The molecule has 24 heavy (non-hydrogen) atoms. The van der Waals surface area contributed by atoms with Gasteiger partial charge >= 0.3 is 5.97 Å². The van der Waals surface area contributed by atoms with Gasteiger partial charge in [0.1, 0.15) is 0 Å². The maximum Gasteiger partial charge on any atom is 0.337 e. The van der Waals surface area contributed by atoms with Gasteiger partial charge in [-0.1, -0.05) is 17.7 Å². The van der Waals surface area contributed by atoms with Gasteiger partial charge in [-0.2, -0.15) is 0 Å². The summed E-state index contributed by atoms with van der Waals surface area (Å²) in [6.45, 7) is 3.97. The topological polar surface area (TPSA) is 67.4 Å². The van der Waals surface area contributed by atoms with Crippen LogP contribution >= 0.6 is 11.6 Å². The average molecular weight is 347 g/mol. The van der Waals surface area contributed by atoms with Crippen molar-refractivity contribution in [1.82, 2.24) is 0 Å². The Labute approximate surface area is 146 Å². The Hall–Kier alpha value is -2.53. The maximum absolute atomic E-state index is 12.1. The molecule has 0 aliphatic rings. The third kappa shape index (κ3) is 4.73. The number of halogens is 1. The Kier molecular flexibility index (Phi) is 5.82. The van der Waals surface area contributed by atoms with Crippen LogP contribution in [-0.4, -0.2) is 25.5 Å². The zero-order valence-corrected chi connectivity index (χ0v) is 14.5. The number of esters is 1. The first-order valence-corrected chi connectivity index (χ1v) is 7.76. The Balaban J connectivity index is 2.02. The highest BCUT2D eigenvalue weighted by Gasteiger charge is 2.10. The first-order valence-electron chi connectivity index (χ1n) is 7.39. The molecule has 0 unspecified atom stereocenters. The molecular formula is C18H19ClN2O3. The predicted octanol–water partition coefficient (Wildman–Crippen LogP) is 3.79. The number of aryl methyl sites for hydroxylation is 2. The third-order valence-corrected chi connectivity index (χ3v) is 3.66. The van der Waals surface area contributed by atoms with Gasteiger partial charge in [0.05, 0.1) is 29.9 Å². The molecule has 0 aliphatic heterocycles. The molecule has 2 aromatic rings. The minimum absolute atomic E-state index is 0.0251. The number of amides is 1. The second-order valence-electron chi connectivity index (χ2n) is 5.46. The van der Waals surface area contributed by atoms with Crippen LogP contribution in [0.15, 0.2) is 36.4 Å². The molecule has 0 heterocycles. The molecule has 0 atom stereocenters. The van der Waals surface area contributed by atoms with Gasteiger partial charge in [-0.15, -0.1) is 0 Å². The number of rotatable bonds is 5. The highest BCUT2D eigenvalue weighted by molar-refractivity contribution is 6.33. The molecule has 1 amide bonds. The number of carbonyl (C=O) groups excluding carboxylic acids is 2. The number of benzene rings is 2. The molecule has 2 aromatic carbocycles. The molecule has 0 fully saturated rings. The van der Waals surface area contributed by atoms with Gasteiger partial charge in [-0.3, -0.25) is 4.79 Å². The minimum Gasteiger partial charge on any atom is -0.465 e. The van der Waals surface area contributed by atoms with E-state index in [0.717, 1.165) is 16.8 Å². The molecule has 126 valence electrons. The lowest BCUT2D eigenvalue weighted by molar-refractivity contribution is -0.114. The normalized spacial score (nSPS) is 10.2. The van der Waals surface area contributed by atoms with E-state index >= 15 is 0 Å². The summed E-state index contributed by atoms with van der Waals surface area (Å²) in [5.41, 5.74) is 3.75. The molecule has 6 heteroatoms. The predicted molar refractivity (Wildman–Crippen MR) is 95.8 cm³/mol. The molecule has 0 saturated carbocycles. The standard InChI is InChI=1S/C18H19ClN2O3/c1-11-6-12(2)8-14(7-11)21-17(22)10-20-16-9-13(18(23)24-3)4-5-15(16)19/h4-9,20H,10H2,1-3H3,(H,21,22). The van der Waals surface area contributed by atoms with Gasteiger partial charge in [0.25, 0.3) is 0 Å². The highest BCUT2D eigenvalue weighted by atomic mass is 35.5. The van der Waals surface area contributed by atoms with E-state index in [-0.39, 0.29) is 12.5 Å². The summed E-state index contributed by atoms with van der Waals surface area (Å²) in [5.74, 6) is -0.672. The van der Waals surface area contributed by atoms with E-state index in [1.165, 1.54) is 7.11 Å². The van der Waals surface area contributed by atoms with Gasteiger partial charge in [0.2, 0.25) is 5.91 Å². The van der Waals surface area contributed by atoms with E-state index in [9.17, 15) is 9.59 Å². The monoisotopic (exact) mass is 346 g/mol. The van der Waals surface area contributed by atoms with Crippen LogP contribution in [0.1, 0.15) is 21.5 Å². The summed E-state index contributed by atoms with van der Waals surface area (Å²) in [4.78, 5) is 23.6. The smallest absolute Gasteiger partial charge is 0.337 e. The fourth-order valence-corrected chi connectivity index (χ4v) is 2.52. The zero-order valence-electron chi connectivity index (χ0n) is 13.8. The summed E-state index contributed by atoms with van der Waals surface area (Å²) in [5, 5.41) is 6.17. The third-order valence-electron chi connectivity index (χ3n) is 3.33. The summed E-state index contributed by atoms with van der Waals surface area (Å²) < 4.78 is 4.67. The van der Waals surface area contributed by atoms with Crippen LogP contribution < -0.4 is 10.6 Å². The highest BCUT2D eigenvalue weighted by Crippen LogP contribution is 2.23. The van der Waals surface area contributed by atoms with Crippen molar-refractivity contribution in [3.63, 3.8) is 0 Å². The Bertz CT molecular complexity index is 755. The van der Waals surface area contributed by atoms with Crippen molar-refractivity contribution >= 4 is 34.9 Å². The summed E-state index contributed by atoms with van der Waals surface area (Å²) in [6.07, 6.45) is 0. The van der Waals surface area contributed by atoms with Crippen LogP contribution in [0.3, 0.4) is 0 Å². The van der Waals surface area contributed by atoms with Crippen LogP contribution in [0, 0.1) is 13.8 Å². The van der Waals surface area contributed by atoms with E-state index in [1.807, 2.05) is 32.0 Å². The first kappa shape index (κ1) is 17.8. The van der Waals surface area contributed by atoms with Gasteiger partial charge < -0.3 is 15.4 Å². The Morgan fingerprint density at radius 1 is 1.08 bits per heavy atom. The van der Waals surface area contributed by atoms with Crippen LogP contribution in [-0.2, 0) is 9.53 Å². The second-order valence-corrected chi connectivity index (χ2v) is 5.87. The number of carbonyl (C=O) groups is 2. The molecule has 0 bridgehead atoms.